The Bertz CT molecular complexity index is 1130. The highest BCUT2D eigenvalue weighted by Gasteiger charge is 2.26. The molecule has 0 radical (unpaired) electrons. The molecular formula is C26H35N3O7S. The van der Waals surface area contributed by atoms with E-state index in [0.29, 0.717) is 5.56 Å². The minimum atomic E-state index is -3.92. The molecule has 0 bridgehead atoms. The number of hydrogen-bond donors (Lipinski definition) is 4. The zero-order chi connectivity index (χ0) is 27.5. The van der Waals surface area contributed by atoms with Crippen LogP contribution in [0.3, 0.4) is 0 Å². The third-order valence-corrected chi connectivity index (χ3v) is 6.55. The number of ether oxygens (including phenoxy) is 1. The van der Waals surface area contributed by atoms with Gasteiger partial charge in [0.15, 0.2) is 0 Å². The average Bonchev–Trinajstić information content (AvgIpc) is 2.81. The van der Waals surface area contributed by atoms with Crippen molar-refractivity contribution in [3.63, 3.8) is 0 Å². The average molecular weight is 534 g/mol. The molecule has 0 spiro atoms. The number of carbonyl (C=O) groups excluding carboxylic acids is 2. The lowest BCUT2D eigenvalue weighted by molar-refractivity contribution is -0.139. The summed E-state index contributed by atoms with van der Waals surface area (Å²) in [6.07, 6.45) is -0.480. The van der Waals surface area contributed by atoms with E-state index in [-0.39, 0.29) is 31.6 Å². The Kier molecular flexibility index (Phi) is 11.1. The first-order valence-electron chi connectivity index (χ1n) is 11.9. The summed E-state index contributed by atoms with van der Waals surface area (Å²) in [5, 5.41) is 14.7. The Balaban J connectivity index is 1.91. The molecule has 0 heterocycles. The number of sulfonamides is 1. The summed E-state index contributed by atoms with van der Waals surface area (Å²) >= 11 is 0. The Morgan fingerprint density at radius 3 is 1.89 bits per heavy atom. The molecule has 2 atom stereocenters. The van der Waals surface area contributed by atoms with Crippen LogP contribution >= 0.6 is 0 Å². The molecule has 4 N–H and O–H groups in total. The molecule has 0 saturated heterocycles. The molecule has 2 aromatic carbocycles. The number of amides is 2. The minimum Gasteiger partial charge on any atom is -0.480 e. The largest absolute Gasteiger partial charge is 0.480 e. The Morgan fingerprint density at radius 2 is 1.41 bits per heavy atom. The van der Waals surface area contributed by atoms with Crippen LogP contribution in [0.25, 0.3) is 0 Å². The van der Waals surface area contributed by atoms with E-state index in [9.17, 15) is 27.9 Å². The van der Waals surface area contributed by atoms with E-state index in [1.807, 2.05) is 30.3 Å². The van der Waals surface area contributed by atoms with Gasteiger partial charge in [-0.05, 0) is 44.7 Å². The van der Waals surface area contributed by atoms with E-state index in [2.05, 4.69) is 15.4 Å². The van der Waals surface area contributed by atoms with Gasteiger partial charge in [-0.2, -0.15) is 0 Å². The van der Waals surface area contributed by atoms with Gasteiger partial charge in [-0.1, -0.05) is 60.7 Å². The first-order valence-corrected chi connectivity index (χ1v) is 13.6. The summed E-state index contributed by atoms with van der Waals surface area (Å²) in [5.41, 5.74) is 0.767. The molecule has 37 heavy (non-hydrogen) atoms. The third kappa shape index (κ3) is 11.9. The lowest BCUT2D eigenvalue weighted by Crippen LogP contribution is -2.49. The first-order chi connectivity index (χ1) is 17.3. The number of benzene rings is 2. The topological polar surface area (TPSA) is 151 Å². The predicted molar refractivity (Wildman–Crippen MR) is 139 cm³/mol. The molecule has 0 aliphatic rings. The fourth-order valence-corrected chi connectivity index (χ4v) is 4.67. The molecule has 2 aromatic rings. The first kappa shape index (κ1) is 29.8. The Morgan fingerprint density at radius 1 is 0.892 bits per heavy atom. The number of aliphatic carboxylic acids is 1. The van der Waals surface area contributed by atoms with Crippen molar-refractivity contribution in [2.24, 2.45) is 0 Å². The lowest BCUT2D eigenvalue weighted by Gasteiger charge is -2.23. The van der Waals surface area contributed by atoms with Crippen LogP contribution in [0, 0.1) is 0 Å². The molecule has 0 unspecified atom stereocenters. The van der Waals surface area contributed by atoms with Gasteiger partial charge in [0.2, 0.25) is 15.9 Å². The van der Waals surface area contributed by atoms with Crippen LogP contribution in [0.1, 0.15) is 38.3 Å². The Hall–Kier alpha value is -3.44. The van der Waals surface area contributed by atoms with Gasteiger partial charge < -0.3 is 20.5 Å². The van der Waals surface area contributed by atoms with E-state index in [1.54, 1.807) is 51.1 Å². The number of carbonyl (C=O) groups is 3. The number of carboxylic acids is 1. The molecule has 2 rings (SSSR count). The second kappa shape index (κ2) is 13.8. The van der Waals surface area contributed by atoms with Gasteiger partial charge in [-0.15, -0.1) is 0 Å². The summed E-state index contributed by atoms with van der Waals surface area (Å²) in [6, 6.07) is 15.6. The molecular weight excluding hydrogens is 498 g/mol. The SMILES string of the molecule is CC(C)(C)OC(=O)N[C@@H](Cc1ccccc1)C(=O)NCCCS(=O)(=O)N[C@@H](Cc1ccccc1)C(=O)O. The van der Waals surface area contributed by atoms with Gasteiger partial charge in [-0.25, -0.2) is 17.9 Å². The summed E-state index contributed by atoms with van der Waals surface area (Å²) in [5.74, 6) is -2.15. The highest BCUT2D eigenvalue weighted by atomic mass is 32.2. The molecule has 0 aromatic heterocycles. The van der Waals surface area contributed by atoms with Gasteiger partial charge >= 0.3 is 12.1 Å². The molecule has 10 nitrogen and oxygen atoms in total. The predicted octanol–water partition coefficient (Wildman–Crippen LogP) is 2.24. The van der Waals surface area contributed by atoms with Crippen LogP contribution in [0.2, 0.25) is 0 Å². The zero-order valence-corrected chi connectivity index (χ0v) is 22.1. The number of nitrogens with one attached hydrogen (secondary N) is 3. The molecule has 0 fully saturated rings. The molecule has 0 aliphatic heterocycles. The third-order valence-electron chi connectivity index (χ3n) is 5.08. The quantitative estimate of drug-likeness (QED) is 0.288. The maximum atomic E-state index is 12.8. The second-order valence-electron chi connectivity index (χ2n) is 9.55. The fourth-order valence-electron chi connectivity index (χ4n) is 3.41. The van der Waals surface area contributed by atoms with Crippen LogP contribution in [0.4, 0.5) is 4.79 Å². The van der Waals surface area contributed by atoms with Crippen LogP contribution < -0.4 is 15.4 Å². The van der Waals surface area contributed by atoms with E-state index in [0.717, 1.165) is 5.56 Å². The molecule has 202 valence electrons. The van der Waals surface area contributed by atoms with E-state index < -0.39 is 45.7 Å². The van der Waals surface area contributed by atoms with Crippen molar-refractivity contribution in [3.8, 4) is 0 Å². The van der Waals surface area contributed by atoms with Crippen molar-refractivity contribution in [2.75, 3.05) is 12.3 Å². The van der Waals surface area contributed by atoms with Crippen LogP contribution in [0.15, 0.2) is 60.7 Å². The lowest BCUT2D eigenvalue weighted by atomic mass is 10.1. The monoisotopic (exact) mass is 533 g/mol. The zero-order valence-electron chi connectivity index (χ0n) is 21.3. The number of carboxylic acid groups (broad SMARTS) is 1. The number of alkyl carbamates (subject to hydrolysis) is 1. The summed E-state index contributed by atoms with van der Waals surface area (Å²) < 4.78 is 32.4. The fraction of sp³-hybridized carbons (Fsp3) is 0.423. The second-order valence-corrected chi connectivity index (χ2v) is 11.4. The van der Waals surface area contributed by atoms with Gasteiger partial charge in [0, 0.05) is 13.0 Å². The minimum absolute atomic E-state index is 0.00361. The summed E-state index contributed by atoms with van der Waals surface area (Å²) in [4.78, 5) is 36.7. The van der Waals surface area contributed by atoms with Gasteiger partial charge in [0.25, 0.3) is 0 Å². The van der Waals surface area contributed by atoms with Crippen molar-refractivity contribution in [1.82, 2.24) is 15.4 Å². The molecule has 2 amide bonds. The molecule has 11 heteroatoms. The normalized spacial score (nSPS) is 13.3. The Labute approximate surface area is 217 Å². The van der Waals surface area contributed by atoms with Crippen molar-refractivity contribution < 1.29 is 32.6 Å². The number of rotatable bonds is 13. The van der Waals surface area contributed by atoms with E-state index in [4.69, 9.17) is 4.74 Å². The highest BCUT2D eigenvalue weighted by molar-refractivity contribution is 7.89. The van der Waals surface area contributed by atoms with Crippen molar-refractivity contribution >= 4 is 28.0 Å². The van der Waals surface area contributed by atoms with Gasteiger partial charge in [0.05, 0.1) is 5.75 Å². The van der Waals surface area contributed by atoms with E-state index in [1.165, 1.54) is 0 Å². The maximum Gasteiger partial charge on any atom is 0.408 e. The van der Waals surface area contributed by atoms with Crippen LogP contribution in [-0.4, -0.2) is 61.5 Å². The summed E-state index contributed by atoms with van der Waals surface area (Å²) in [6.45, 7) is 5.14. The number of hydrogen-bond acceptors (Lipinski definition) is 6. The molecule has 0 saturated carbocycles. The van der Waals surface area contributed by atoms with Crippen molar-refractivity contribution in [1.29, 1.82) is 0 Å². The van der Waals surface area contributed by atoms with Crippen molar-refractivity contribution in [2.45, 2.75) is 57.7 Å². The molecule has 0 aliphatic carbocycles. The van der Waals surface area contributed by atoms with Crippen LogP contribution in [0.5, 0.6) is 0 Å². The van der Waals surface area contributed by atoms with Crippen molar-refractivity contribution in [3.05, 3.63) is 71.8 Å². The van der Waals surface area contributed by atoms with Gasteiger partial charge in [-0.3, -0.25) is 9.59 Å². The highest BCUT2D eigenvalue weighted by Crippen LogP contribution is 2.09. The van der Waals surface area contributed by atoms with Crippen LogP contribution in [-0.2, 0) is 37.2 Å². The summed E-state index contributed by atoms with van der Waals surface area (Å²) in [7, 11) is -3.92. The smallest absolute Gasteiger partial charge is 0.408 e. The van der Waals surface area contributed by atoms with Gasteiger partial charge in [0.1, 0.15) is 17.7 Å². The maximum absolute atomic E-state index is 12.8. The van der Waals surface area contributed by atoms with E-state index >= 15 is 0 Å². The standard InChI is InChI=1S/C26H35N3O7S/c1-26(2,3)36-25(33)28-21(17-19-11-6-4-7-12-19)23(30)27-15-10-16-37(34,35)29-22(24(31)32)18-20-13-8-5-9-14-20/h4-9,11-14,21-22,29H,10,15-18H2,1-3H3,(H,27,30)(H,28,33)(H,31,32)/t21-,22-/m0/s1.